The lowest BCUT2D eigenvalue weighted by molar-refractivity contribution is 0.318. The normalized spacial score (nSPS) is 12.4. The van der Waals surface area contributed by atoms with Crippen LogP contribution in [0.25, 0.3) is 16.6 Å². The highest BCUT2D eigenvalue weighted by Crippen LogP contribution is 2.18. The third-order valence-electron chi connectivity index (χ3n) is 2.56. The van der Waals surface area contributed by atoms with Crippen LogP contribution in [0.5, 0.6) is 0 Å². The molecule has 0 aliphatic carbocycles. The predicted molar refractivity (Wildman–Crippen MR) is 60.8 cm³/mol. The van der Waals surface area contributed by atoms with Crippen LogP contribution in [0.15, 0.2) is 35.5 Å². The molecule has 0 saturated heterocycles. The van der Waals surface area contributed by atoms with Gasteiger partial charge in [0.2, 0.25) is 0 Å². The molecule has 2 heterocycles. The summed E-state index contributed by atoms with van der Waals surface area (Å²) in [6.45, 7) is 0. The van der Waals surface area contributed by atoms with Crippen LogP contribution in [0, 0.1) is 0 Å². The predicted octanol–water partition coefficient (Wildman–Crippen LogP) is 0.372. The van der Waals surface area contributed by atoms with Crippen LogP contribution >= 0.6 is 0 Å². The molecule has 0 spiro atoms. The van der Waals surface area contributed by atoms with Gasteiger partial charge in [0.15, 0.2) is 11.5 Å². The Hall–Kier alpha value is -2.70. The van der Waals surface area contributed by atoms with Crippen LogP contribution in [-0.2, 0) is 0 Å². The van der Waals surface area contributed by atoms with Crippen molar-refractivity contribution in [3.8, 4) is 0 Å². The molecule has 0 fully saturated rings. The van der Waals surface area contributed by atoms with Crippen molar-refractivity contribution in [2.45, 2.75) is 0 Å². The number of rotatable bonds is 1. The van der Waals surface area contributed by atoms with Crippen molar-refractivity contribution < 1.29 is 5.21 Å². The van der Waals surface area contributed by atoms with Crippen molar-refractivity contribution >= 4 is 22.4 Å². The maximum absolute atomic E-state index is 8.74. The summed E-state index contributed by atoms with van der Waals surface area (Å²) in [4.78, 5) is 0. The molecule has 0 aliphatic rings. The number of tetrazole rings is 1. The van der Waals surface area contributed by atoms with Gasteiger partial charge in [-0.2, -0.15) is 4.52 Å². The van der Waals surface area contributed by atoms with Crippen molar-refractivity contribution in [3.63, 3.8) is 0 Å². The Morgan fingerprint density at radius 2 is 2.18 bits per heavy atom. The van der Waals surface area contributed by atoms with Gasteiger partial charge in [0.25, 0.3) is 0 Å². The SMILES string of the molecule is N/C(=N\O)c1cc2ccccc2n2nnnc12. The van der Waals surface area contributed by atoms with E-state index < -0.39 is 0 Å². The van der Waals surface area contributed by atoms with E-state index >= 15 is 0 Å². The van der Waals surface area contributed by atoms with E-state index in [9.17, 15) is 0 Å². The molecule has 0 bridgehead atoms. The first-order valence-corrected chi connectivity index (χ1v) is 4.89. The number of pyridine rings is 1. The Balaban J connectivity index is 2.52. The molecule has 0 saturated carbocycles. The van der Waals surface area contributed by atoms with Gasteiger partial charge in [-0.05, 0) is 22.6 Å². The molecule has 0 radical (unpaired) electrons. The lowest BCUT2D eigenvalue weighted by atomic mass is 10.1. The second-order valence-corrected chi connectivity index (χ2v) is 3.52. The number of para-hydroxylation sites is 1. The lowest BCUT2D eigenvalue weighted by Crippen LogP contribution is -2.15. The quantitative estimate of drug-likeness (QED) is 0.271. The minimum atomic E-state index is -0.0180. The number of hydrogen-bond donors (Lipinski definition) is 2. The Morgan fingerprint density at radius 3 is 3.00 bits per heavy atom. The highest BCUT2D eigenvalue weighted by Gasteiger charge is 2.12. The molecule has 0 unspecified atom stereocenters. The van der Waals surface area contributed by atoms with E-state index in [-0.39, 0.29) is 5.84 Å². The van der Waals surface area contributed by atoms with Gasteiger partial charge in [-0.3, -0.25) is 0 Å². The van der Waals surface area contributed by atoms with Gasteiger partial charge in [0.05, 0.1) is 11.1 Å². The largest absolute Gasteiger partial charge is 0.409 e. The molecule has 1 aromatic carbocycles. The molecule has 7 nitrogen and oxygen atoms in total. The van der Waals surface area contributed by atoms with E-state index in [0.717, 1.165) is 10.9 Å². The fourth-order valence-electron chi connectivity index (χ4n) is 1.78. The number of benzene rings is 1. The van der Waals surface area contributed by atoms with Crippen LogP contribution in [-0.4, -0.2) is 31.1 Å². The molecule has 3 rings (SSSR count). The van der Waals surface area contributed by atoms with Gasteiger partial charge in [0, 0.05) is 5.39 Å². The van der Waals surface area contributed by atoms with Crippen LogP contribution in [0.2, 0.25) is 0 Å². The number of oxime groups is 1. The average Bonchev–Trinajstić information content (AvgIpc) is 2.86. The van der Waals surface area contributed by atoms with Crippen molar-refractivity contribution in [1.82, 2.24) is 20.0 Å². The lowest BCUT2D eigenvalue weighted by Gasteiger charge is -2.04. The van der Waals surface area contributed by atoms with Gasteiger partial charge >= 0.3 is 0 Å². The highest BCUT2D eigenvalue weighted by atomic mass is 16.4. The molecule has 84 valence electrons. The number of amidine groups is 1. The van der Waals surface area contributed by atoms with Crippen molar-refractivity contribution in [2.75, 3.05) is 0 Å². The molecule has 0 amide bonds. The summed E-state index contributed by atoms with van der Waals surface area (Å²) >= 11 is 0. The Labute approximate surface area is 95.1 Å². The van der Waals surface area contributed by atoms with E-state index in [0.29, 0.717) is 11.2 Å². The minimum absolute atomic E-state index is 0.0180. The summed E-state index contributed by atoms with van der Waals surface area (Å²) in [6, 6.07) is 9.39. The Bertz CT molecular complexity index is 732. The summed E-state index contributed by atoms with van der Waals surface area (Å²) in [5.41, 5.74) is 7.42. The first-order valence-electron chi connectivity index (χ1n) is 4.89. The van der Waals surface area contributed by atoms with Crippen LogP contribution in [0.1, 0.15) is 5.56 Å². The standard InChI is InChI=1S/C10H8N6O/c11-9(13-17)7-5-6-3-1-2-4-8(6)16-10(7)12-14-15-16/h1-5,17H,(H2,11,13). The summed E-state index contributed by atoms with van der Waals surface area (Å²) < 4.78 is 1.56. The van der Waals surface area contributed by atoms with Crippen LogP contribution < -0.4 is 5.73 Å². The molecule has 17 heavy (non-hydrogen) atoms. The monoisotopic (exact) mass is 228 g/mol. The second-order valence-electron chi connectivity index (χ2n) is 3.52. The van der Waals surface area contributed by atoms with Crippen LogP contribution in [0.3, 0.4) is 0 Å². The summed E-state index contributed by atoms with van der Waals surface area (Å²) in [5.74, 6) is -0.0180. The molecule has 3 N–H and O–H groups in total. The summed E-state index contributed by atoms with van der Waals surface area (Å²) in [5, 5.41) is 24.0. The van der Waals surface area contributed by atoms with Gasteiger partial charge < -0.3 is 10.9 Å². The van der Waals surface area contributed by atoms with Crippen molar-refractivity contribution in [1.29, 1.82) is 0 Å². The maximum atomic E-state index is 8.74. The van der Waals surface area contributed by atoms with Gasteiger partial charge in [-0.25, -0.2) is 0 Å². The fraction of sp³-hybridized carbons (Fsp3) is 0. The molecule has 0 atom stereocenters. The summed E-state index contributed by atoms with van der Waals surface area (Å²) in [7, 11) is 0. The zero-order valence-electron chi connectivity index (χ0n) is 8.65. The third-order valence-corrected chi connectivity index (χ3v) is 2.56. The molecule has 3 aromatic rings. The first-order chi connectivity index (χ1) is 8.31. The number of aromatic nitrogens is 4. The Morgan fingerprint density at radius 1 is 1.35 bits per heavy atom. The highest BCUT2D eigenvalue weighted by molar-refractivity contribution is 6.05. The van der Waals surface area contributed by atoms with Crippen molar-refractivity contribution in [3.05, 3.63) is 35.9 Å². The number of hydrogen-bond acceptors (Lipinski definition) is 5. The Kier molecular flexibility index (Phi) is 1.91. The minimum Gasteiger partial charge on any atom is -0.409 e. The zero-order valence-corrected chi connectivity index (χ0v) is 8.65. The second kappa shape index (κ2) is 3.41. The van der Waals surface area contributed by atoms with E-state index in [1.165, 1.54) is 0 Å². The molecule has 2 aromatic heterocycles. The average molecular weight is 228 g/mol. The van der Waals surface area contributed by atoms with E-state index in [1.807, 2.05) is 24.3 Å². The van der Waals surface area contributed by atoms with Crippen LogP contribution in [0.4, 0.5) is 0 Å². The van der Waals surface area contributed by atoms with Gasteiger partial charge in [-0.15, -0.1) is 5.10 Å². The molecule has 0 aliphatic heterocycles. The van der Waals surface area contributed by atoms with E-state index in [4.69, 9.17) is 10.9 Å². The fourth-order valence-corrected chi connectivity index (χ4v) is 1.78. The first kappa shape index (κ1) is 9.52. The van der Waals surface area contributed by atoms with E-state index in [1.54, 1.807) is 10.6 Å². The maximum Gasteiger partial charge on any atom is 0.190 e. The number of nitrogens with zero attached hydrogens (tertiary/aromatic N) is 5. The zero-order chi connectivity index (χ0) is 11.8. The van der Waals surface area contributed by atoms with Gasteiger partial charge in [0.1, 0.15) is 0 Å². The van der Waals surface area contributed by atoms with Gasteiger partial charge in [-0.1, -0.05) is 23.4 Å². The molecular formula is C10H8N6O. The third kappa shape index (κ3) is 1.29. The molecule has 7 heteroatoms. The van der Waals surface area contributed by atoms with E-state index in [2.05, 4.69) is 20.7 Å². The topological polar surface area (TPSA) is 102 Å². The number of fused-ring (bicyclic) bond motifs is 3. The summed E-state index contributed by atoms with van der Waals surface area (Å²) in [6.07, 6.45) is 0. The smallest absolute Gasteiger partial charge is 0.190 e. The van der Waals surface area contributed by atoms with Crippen molar-refractivity contribution in [2.24, 2.45) is 10.9 Å². The molecular weight excluding hydrogens is 220 g/mol. The number of nitrogens with two attached hydrogens (primary N) is 1.